The van der Waals surface area contributed by atoms with Gasteiger partial charge in [0.25, 0.3) is 0 Å². The Bertz CT molecular complexity index is 2290. The van der Waals surface area contributed by atoms with E-state index in [0.29, 0.717) is 42.3 Å². The van der Waals surface area contributed by atoms with Gasteiger partial charge in [-0.05, 0) is 60.8 Å². The fraction of sp³-hybridized carbons (Fsp3) is 0.463. The highest BCUT2D eigenvalue weighted by Gasteiger charge is 2.42. The van der Waals surface area contributed by atoms with E-state index in [9.17, 15) is 24.3 Å². The van der Waals surface area contributed by atoms with Crippen LogP contribution in [0.4, 0.5) is 9.59 Å². The van der Waals surface area contributed by atoms with Crippen molar-refractivity contribution in [3.05, 3.63) is 60.4 Å². The monoisotopic (exact) mass is 766 g/mol. The van der Waals surface area contributed by atoms with Gasteiger partial charge >= 0.3 is 12.2 Å². The smallest absolute Gasteiger partial charge is 0.407 e. The van der Waals surface area contributed by atoms with Crippen LogP contribution in [0.15, 0.2) is 53.2 Å². The number of amides is 4. The van der Waals surface area contributed by atoms with E-state index in [-0.39, 0.29) is 23.9 Å². The Kier molecular flexibility index (Phi) is 10.1. The van der Waals surface area contributed by atoms with Gasteiger partial charge in [-0.1, -0.05) is 53.7 Å². The van der Waals surface area contributed by atoms with Gasteiger partial charge in [-0.3, -0.25) is 9.59 Å². The van der Waals surface area contributed by atoms with Gasteiger partial charge in [-0.2, -0.15) is 0 Å². The summed E-state index contributed by atoms with van der Waals surface area (Å²) in [5.74, 6) is 0.901. The minimum Gasteiger partial charge on any atom is -0.465 e. The first-order valence-electron chi connectivity index (χ1n) is 19.0. The molecule has 5 aromatic rings. The summed E-state index contributed by atoms with van der Waals surface area (Å²) < 4.78 is 11.2. The molecule has 0 aliphatic carbocycles. The molecule has 15 heteroatoms. The molecule has 2 aliphatic heterocycles. The maximum atomic E-state index is 13.8. The number of methoxy groups -OCH3 is 1. The zero-order valence-electron chi connectivity index (χ0n) is 32.9. The van der Waals surface area contributed by atoms with Crippen LogP contribution in [0.1, 0.15) is 91.0 Å². The van der Waals surface area contributed by atoms with Crippen molar-refractivity contribution in [2.45, 2.75) is 91.4 Å². The van der Waals surface area contributed by atoms with Crippen molar-refractivity contribution in [2.24, 2.45) is 10.8 Å². The fourth-order valence-corrected chi connectivity index (χ4v) is 7.98. The van der Waals surface area contributed by atoms with Crippen molar-refractivity contribution in [2.75, 3.05) is 20.2 Å². The Morgan fingerprint density at radius 3 is 1.62 bits per heavy atom. The number of benzene rings is 2. The van der Waals surface area contributed by atoms with E-state index >= 15 is 0 Å². The molecule has 2 aromatic carbocycles. The molecule has 2 aliphatic rings. The molecule has 0 bridgehead atoms. The van der Waals surface area contributed by atoms with Gasteiger partial charge in [0.1, 0.15) is 34.9 Å². The molecule has 7 rings (SSSR count). The van der Waals surface area contributed by atoms with Crippen molar-refractivity contribution in [1.82, 2.24) is 40.4 Å². The van der Waals surface area contributed by atoms with Crippen LogP contribution < -0.4 is 10.6 Å². The van der Waals surface area contributed by atoms with Gasteiger partial charge in [0.2, 0.25) is 11.8 Å². The zero-order valence-corrected chi connectivity index (χ0v) is 32.9. The molecule has 2 fully saturated rings. The third-order valence-corrected chi connectivity index (χ3v) is 10.9. The minimum absolute atomic E-state index is 0.173. The van der Waals surface area contributed by atoms with Crippen LogP contribution in [-0.2, 0) is 14.3 Å². The summed E-state index contributed by atoms with van der Waals surface area (Å²) in [4.78, 5) is 70.8. The standard InChI is InChI=1S/C41H50N8O7/c1-40(2,3)32(46-38(52)53)36(50)48-16-8-10-28(48)34-42-20-26(44-34)22-12-14-24-25-15-13-23(19-31(25)56-30(24)18-22)27-21-43-35(45-27)29-11-9-17-49(29)37(51)33(41(4,5)6)47-39(54)55-7/h12-15,18-21,28-29,32-33,46H,8-11,16-17H2,1-7H3,(H,42,44)(H,43,45)(H,47,54)(H,52,53)/t28-,29-,32+,33+/m0/s1. The third kappa shape index (κ3) is 7.41. The summed E-state index contributed by atoms with van der Waals surface area (Å²) in [6.45, 7) is 12.3. The second kappa shape index (κ2) is 14.7. The average Bonchev–Trinajstić information content (AvgIpc) is 3.99. The number of rotatable bonds is 8. The number of fused-ring (bicyclic) bond motifs is 3. The van der Waals surface area contributed by atoms with Gasteiger partial charge < -0.3 is 44.7 Å². The number of carbonyl (C=O) groups excluding carboxylic acids is 3. The van der Waals surface area contributed by atoms with E-state index in [1.54, 1.807) is 22.2 Å². The number of carbonyl (C=O) groups is 4. The number of likely N-dealkylation sites (tertiary alicyclic amines) is 2. The molecule has 5 heterocycles. The van der Waals surface area contributed by atoms with Crippen molar-refractivity contribution in [1.29, 1.82) is 0 Å². The van der Waals surface area contributed by atoms with Gasteiger partial charge in [0.05, 0.1) is 43.0 Å². The predicted molar refractivity (Wildman–Crippen MR) is 209 cm³/mol. The normalized spacial score (nSPS) is 18.7. The number of furan rings is 1. The van der Waals surface area contributed by atoms with E-state index < -0.39 is 35.1 Å². The highest BCUT2D eigenvalue weighted by Crippen LogP contribution is 2.38. The third-order valence-electron chi connectivity index (χ3n) is 10.9. The first kappa shape index (κ1) is 38.4. The van der Waals surface area contributed by atoms with E-state index in [4.69, 9.17) is 14.1 Å². The zero-order chi connectivity index (χ0) is 40.1. The summed E-state index contributed by atoms with van der Waals surface area (Å²) in [5.41, 5.74) is 3.59. The van der Waals surface area contributed by atoms with Gasteiger partial charge in [0, 0.05) is 35.0 Å². The maximum absolute atomic E-state index is 13.8. The number of hydrogen-bond donors (Lipinski definition) is 5. The summed E-state index contributed by atoms with van der Waals surface area (Å²) in [6.07, 6.45) is 4.71. The molecule has 2 saturated heterocycles. The molecule has 5 N–H and O–H groups in total. The predicted octanol–water partition coefficient (Wildman–Crippen LogP) is 7.15. The maximum Gasteiger partial charge on any atom is 0.407 e. The lowest BCUT2D eigenvalue weighted by atomic mass is 9.85. The van der Waals surface area contributed by atoms with E-state index in [1.807, 2.05) is 77.9 Å². The van der Waals surface area contributed by atoms with Crippen LogP contribution in [0.2, 0.25) is 0 Å². The van der Waals surface area contributed by atoms with Crippen molar-refractivity contribution in [3.8, 4) is 22.5 Å². The van der Waals surface area contributed by atoms with E-state index in [2.05, 4.69) is 25.6 Å². The van der Waals surface area contributed by atoms with Crippen LogP contribution in [0.3, 0.4) is 0 Å². The number of imidazole rings is 2. The number of nitrogens with zero attached hydrogens (tertiary/aromatic N) is 4. The second-order valence-electron chi connectivity index (χ2n) is 17.0. The summed E-state index contributed by atoms with van der Waals surface area (Å²) in [7, 11) is 1.28. The number of hydrogen-bond acceptors (Lipinski definition) is 8. The highest BCUT2D eigenvalue weighted by molar-refractivity contribution is 6.06. The summed E-state index contributed by atoms with van der Waals surface area (Å²) >= 11 is 0. The number of carboxylic acid groups (broad SMARTS) is 1. The Balaban J connectivity index is 1.10. The van der Waals surface area contributed by atoms with Gasteiger partial charge in [0.15, 0.2) is 0 Å². The Morgan fingerprint density at radius 2 is 1.21 bits per heavy atom. The lowest BCUT2D eigenvalue weighted by molar-refractivity contribution is -0.137. The SMILES string of the molecule is COC(=O)N[C@H](C(=O)N1CCC[C@H]1c1ncc(-c2ccc3c(c2)oc2cc(-c4cnc([C@@H]5CCCN5C(=O)[C@@H](NC(=O)O)C(C)(C)C)[nH]4)ccc23)[nH]1)C(C)(C)C. The molecule has 296 valence electrons. The number of ether oxygens (including phenoxy) is 1. The number of aromatic amines is 2. The average molecular weight is 767 g/mol. The molecule has 0 spiro atoms. The Labute approximate surface area is 324 Å². The van der Waals surface area contributed by atoms with Crippen molar-refractivity contribution >= 4 is 45.9 Å². The topological polar surface area (TPSA) is 199 Å². The number of alkyl carbamates (subject to hydrolysis) is 1. The molecule has 0 radical (unpaired) electrons. The largest absolute Gasteiger partial charge is 0.465 e. The van der Waals surface area contributed by atoms with E-state index in [1.165, 1.54) is 7.11 Å². The number of nitrogens with one attached hydrogen (secondary N) is 4. The van der Waals surface area contributed by atoms with E-state index in [0.717, 1.165) is 52.5 Å². The Hall–Kier alpha value is -5.86. The highest BCUT2D eigenvalue weighted by atomic mass is 16.5. The number of aromatic nitrogens is 4. The molecule has 4 amide bonds. The molecular weight excluding hydrogens is 716 g/mol. The quantitative estimate of drug-likeness (QED) is 0.109. The van der Waals surface area contributed by atoms with Crippen LogP contribution in [-0.4, -0.2) is 91.1 Å². The molecule has 4 atom stereocenters. The molecular formula is C41H50N8O7. The molecule has 0 unspecified atom stereocenters. The minimum atomic E-state index is -1.23. The van der Waals surface area contributed by atoms with Crippen molar-refractivity contribution < 1.29 is 33.4 Å². The molecule has 15 nitrogen and oxygen atoms in total. The first-order chi connectivity index (χ1) is 26.5. The lowest BCUT2D eigenvalue weighted by Crippen LogP contribution is -2.54. The second-order valence-corrected chi connectivity index (χ2v) is 17.0. The molecule has 0 saturated carbocycles. The molecule has 56 heavy (non-hydrogen) atoms. The van der Waals surface area contributed by atoms with Gasteiger partial charge in [-0.15, -0.1) is 0 Å². The Morgan fingerprint density at radius 1 is 0.768 bits per heavy atom. The van der Waals surface area contributed by atoms with Gasteiger partial charge in [-0.25, -0.2) is 19.6 Å². The fourth-order valence-electron chi connectivity index (χ4n) is 7.98. The van der Waals surface area contributed by atoms with Crippen LogP contribution in [0.25, 0.3) is 44.5 Å². The first-order valence-corrected chi connectivity index (χ1v) is 19.0. The van der Waals surface area contributed by atoms with Crippen LogP contribution in [0.5, 0.6) is 0 Å². The van der Waals surface area contributed by atoms with Crippen LogP contribution >= 0.6 is 0 Å². The lowest BCUT2D eigenvalue weighted by Gasteiger charge is -2.35. The van der Waals surface area contributed by atoms with Crippen molar-refractivity contribution in [3.63, 3.8) is 0 Å². The number of H-pyrrole nitrogens is 2. The summed E-state index contributed by atoms with van der Waals surface area (Å²) in [6, 6.07) is 9.80. The van der Waals surface area contributed by atoms with Crippen LogP contribution in [0, 0.1) is 10.8 Å². The summed E-state index contributed by atoms with van der Waals surface area (Å²) in [5, 5.41) is 16.5. The molecule has 3 aromatic heterocycles.